The van der Waals surface area contributed by atoms with Gasteiger partial charge in [-0.05, 0) is 35.1 Å². The average molecular weight is 476 g/mol. The molecule has 35 heavy (non-hydrogen) atoms. The number of ether oxygens (including phenoxy) is 1. The van der Waals surface area contributed by atoms with Gasteiger partial charge in [-0.2, -0.15) is 0 Å². The summed E-state index contributed by atoms with van der Waals surface area (Å²) in [7, 11) is 0. The lowest BCUT2D eigenvalue weighted by Crippen LogP contribution is -2.41. The molecule has 0 aliphatic heterocycles. The Bertz CT molecular complexity index is 1240. The number of aliphatic carboxylic acids is 1. The summed E-state index contributed by atoms with van der Waals surface area (Å²) in [5.74, 6) is -1.30. The third kappa shape index (κ3) is 5.01. The van der Waals surface area contributed by atoms with Crippen LogP contribution in [-0.4, -0.2) is 50.2 Å². The molecule has 2 amide bonds. The quantitative estimate of drug-likeness (QED) is 0.432. The summed E-state index contributed by atoms with van der Waals surface area (Å²) < 4.78 is 6.80. The normalized spacial score (nSPS) is 15.1. The molecule has 2 aliphatic rings. The molecule has 1 saturated carbocycles. The summed E-state index contributed by atoms with van der Waals surface area (Å²) >= 11 is 0. The third-order valence-corrected chi connectivity index (χ3v) is 6.41. The van der Waals surface area contributed by atoms with E-state index in [9.17, 15) is 14.4 Å². The van der Waals surface area contributed by atoms with Gasteiger partial charge in [0.25, 0.3) is 0 Å². The van der Waals surface area contributed by atoms with E-state index in [4.69, 9.17) is 9.84 Å². The minimum Gasteiger partial charge on any atom is -0.480 e. The van der Waals surface area contributed by atoms with Gasteiger partial charge in [-0.3, -0.25) is 9.59 Å². The van der Waals surface area contributed by atoms with Crippen LogP contribution in [-0.2, 0) is 27.4 Å². The second-order valence-electron chi connectivity index (χ2n) is 8.99. The van der Waals surface area contributed by atoms with E-state index in [-0.39, 0.29) is 37.9 Å². The predicted octanol–water partition coefficient (Wildman–Crippen LogP) is 2.44. The summed E-state index contributed by atoms with van der Waals surface area (Å²) in [5.41, 5.74) is 4.46. The Kier molecular flexibility index (Phi) is 5.94. The van der Waals surface area contributed by atoms with E-state index >= 15 is 0 Å². The van der Waals surface area contributed by atoms with Crippen molar-refractivity contribution >= 4 is 18.0 Å². The molecule has 0 bridgehead atoms. The molecule has 5 rings (SSSR count). The Balaban J connectivity index is 1.12. The highest BCUT2D eigenvalue weighted by Crippen LogP contribution is 2.44. The number of nitrogens with one attached hydrogen (secondary N) is 2. The van der Waals surface area contributed by atoms with Gasteiger partial charge in [0, 0.05) is 12.3 Å². The molecule has 3 N–H and O–H groups in total. The number of hydrogen-bond donors (Lipinski definition) is 3. The van der Waals surface area contributed by atoms with Crippen LogP contribution in [0.5, 0.6) is 0 Å². The summed E-state index contributed by atoms with van der Waals surface area (Å²) in [6.07, 6.45) is 2.45. The minimum absolute atomic E-state index is 0.0267. The van der Waals surface area contributed by atoms with Crippen LogP contribution in [0.15, 0.2) is 54.7 Å². The van der Waals surface area contributed by atoms with Crippen molar-refractivity contribution in [2.24, 2.45) is 0 Å². The maximum absolute atomic E-state index is 12.6. The van der Waals surface area contributed by atoms with E-state index < -0.39 is 17.6 Å². The number of carbonyl (C=O) groups excluding carboxylic acids is 2. The van der Waals surface area contributed by atoms with Gasteiger partial charge in [0.2, 0.25) is 5.91 Å². The number of amides is 2. The maximum atomic E-state index is 12.6. The van der Waals surface area contributed by atoms with Crippen molar-refractivity contribution in [1.82, 2.24) is 25.6 Å². The number of hydrogen-bond acceptors (Lipinski definition) is 6. The molecule has 1 heterocycles. The lowest BCUT2D eigenvalue weighted by Gasteiger charge is -2.19. The summed E-state index contributed by atoms with van der Waals surface area (Å²) in [6.45, 7) is 0.0434. The SMILES string of the molecule is O=C(O)Cn1cc(CNC(=O)CC2(NC(=O)OCC3c4ccccc4-c4ccccc43)CC2)nn1. The molecule has 3 aromatic rings. The average Bonchev–Trinajstić information content (AvgIpc) is 3.30. The molecular weight excluding hydrogens is 450 g/mol. The first-order valence-corrected chi connectivity index (χ1v) is 11.4. The van der Waals surface area contributed by atoms with Crippen LogP contribution >= 0.6 is 0 Å². The third-order valence-electron chi connectivity index (χ3n) is 6.41. The Labute approximate surface area is 201 Å². The zero-order chi connectivity index (χ0) is 24.4. The van der Waals surface area contributed by atoms with Crippen molar-refractivity contribution in [3.63, 3.8) is 0 Å². The fraction of sp³-hybridized carbons (Fsp3) is 0.320. The number of rotatable bonds is 9. The topological polar surface area (TPSA) is 135 Å². The van der Waals surface area contributed by atoms with Gasteiger partial charge in [0.1, 0.15) is 18.8 Å². The molecule has 1 fully saturated rings. The molecule has 10 heteroatoms. The van der Waals surface area contributed by atoms with Gasteiger partial charge < -0.3 is 20.5 Å². The number of carboxylic acids is 1. The number of fused-ring (bicyclic) bond motifs is 3. The highest BCUT2D eigenvalue weighted by atomic mass is 16.5. The fourth-order valence-corrected chi connectivity index (χ4v) is 4.54. The van der Waals surface area contributed by atoms with Crippen molar-refractivity contribution in [3.05, 3.63) is 71.5 Å². The van der Waals surface area contributed by atoms with Crippen molar-refractivity contribution in [2.75, 3.05) is 6.61 Å². The van der Waals surface area contributed by atoms with Crippen molar-refractivity contribution in [3.8, 4) is 11.1 Å². The first kappa shape index (κ1) is 22.6. The molecule has 0 saturated heterocycles. The van der Waals surface area contributed by atoms with Gasteiger partial charge in [0.05, 0.1) is 18.3 Å². The molecule has 0 atom stereocenters. The zero-order valence-corrected chi connectivity index (χ0v) is 18.9. The lowest BCUT2D eigenvalue weighted by atomic mass is 9.98. The first-order valence-electron chi connectivity index (χ1n) is 11.4. The van der Waals surface area contributed by atoms with E-state index in [1.165, 1.54) is 10.9 Å². The highest BCUT2D eigenvalue weighted by Gasteiger charge is 2.46. The Morgan fingerprint density at radius 1 is 1.06 bits per heavy atom. The molecule has 0 unspecified atom stereocenters. The number of carboxylic acid groups (broad SMARTS) is 1. The van der Waals surface area contributed by atoms with Crippen LogP contribution in [0.1, 0.15) is 42.0 Å². The van der Waals surface area contributed by atoms with E-state index in [2.05, 4.69) is 45.2 Å². The maximum Gasteiger partial charge on any atom is 0.407 e. The van der Waals surface area contributed by atoms with Gasteiger partial charge in [-0.25, -0.2) is 9.48 Å². The van der Waals surface area contributed by atoms with Gasteiger partial charge >= 0.3 is 12.1 Å². The van der Waals surface area contributed by atoms with Crippen LogP contribution in [0.2, 0.25) is 0 Å². The fourth-order valence-electron chi connectivity index (χ4n) is 4.54. The summed E-state index contributed by atoms with van der Waals surface area (Å²) in [5, 5.41) is 21.9. The number of nitrogens with zero attached hydrogens (tertiary/aromatic N) is 3. The summed E-state index contributed by atoms with van der Waals surface area (Å²) in [6, 6.07) is 16.3. The molecular formula is C25H25N5O5. The van der Waals surface area contributed by atoms with Crippen LogP contribution in [0, 0.1) is 0 Å². The molecule has 2 aromatic carbocycles. The Hall–Kier alpha value is -4.21. The van der Waals surface area contributed by atoms with Crippen molar-refractivity contribution in [2.45, 2.75) is 43.8 Å². The van der Waals surface area contributed by atoms with Crippen LogP contribution in [0.4, 0.5) is 4.79 Å². The van der Waals surface area contributed by atoms with Gasteiger partial charge in [0.15, 0.2) is 0 Å². The number of benzene rings is 2. The monoisotopic (exact) mass is 475 g/mol. The van der Waals surface area contributed by atoms with E-state index in [0.29, 0.717) is 18.5 Å². The largest absolute Gasteiger partial charge is 0.480 e. The van der Waals surface area contributed by atoms with E-state index in [0.717, 1.165) is 22.3 Å². The standard InChI is InChI=1S/C25H25N5O5/c31-22(26-12-16-13-30(29-28-16)14-23(32)33)11-25(9-10-25)27-24(34)35-15-21-19-7-3-1-5-17(19)18-6-2-4-8-20(18)21/h1-8,13,21H,9-12,14-15H2,(H,26,31)(H,27,34)(H,32,33). The van der Waals surface area contributed by atoms with Crippen LogP contribution < -0.4 is 10.6 Å². The summed E-state index contributed by atoms with van der Waals surface area (Å²) in [4.78, 5) is 35.7. The molecule has 1 aromatic heterocycles. The lowest BCUT2D eigenvalue weighted by molar-refractivity contribution is -0.138. The molecule has 0 radical (unpaired) electrons. The molecule has 0 spiro atoms. The number of alkyl carbamates (subject to hydrolysis) is 1. The van der Waals surface area contributed by atoms with Gasteiger partial charge in [-0.1, -0.05) is 53.7 Å². The number of carbonyl (C=O) groups is 3. The Morgan fingerprint density at radius 3 is 2.34 bits per heavy atom. The minimum atomic E-state index is -1.03. The van der Waals surface area contributed by atoms with Crippen LogP contribution in [0.25, 0.3) is 11.1 Å². The highest BCUT2D eigenvalue weighted by molar-refractivity contribution is 5.80. The first-order chi connectivity index (χ1) is 16.9. The van der Waals surface area contributed by atoms with Crippen molar-refractivity contribution < 1.29 is 24.2 Å². The van der Waals surface area contributed by atoms with E-state index in [1.54, 1.807) is 0 Å². The van der Waals surface area contributed by atoms with Crippen LogP contribution in [0.3, 0.4) is 0 Å². The van der Waals surface area contributed by atoms with E-state index in [1.807, 2.05) is 24.3 Å². The smallest absolute Gasteiger partial charge is 0.407 e. The molecule has 2 aliphatic carbocycles. The molecule has 180 valence electrons. The molecule has 10 nitrogen and oxygen atoms in total. The van der Waals surface area contributed by atoms with Crippen molar-refractivity contribution in [1.29, 1.82) is 0 Å². The van der Waals surface area contributed by atoms with Gasteiger partial charge in [-0.15, -0.1) is 5.10 Å². The Morgan fingerprint density at radius 2 is 1.71 bits per heavy atom. The predicted molar refractivity (Wildman–Crippen MR) is 124 cm³/mol. The second kappa shape index (κ2) is 9.21. The second-order valence-corrected chi connectivity index (χ2v) is 8.99. The number of aromatic nitrogens is 3. The zero-order valence-electron chi connectivity index (χ0n) is 18.9.